The Morgan fingerprint density at radius 1 is 1.24 bits per heavy atom. The zero-order valence-electron chi connectivity index (χ0n) is 12.7. The number of primary amides is 1. The van der Waals surface area contributed by atoms with Gasteiger partial charge in [0.1, 0.15) is 0 Å². The molecule has 1 amide bonds. The van der Waals surface area contributed by atoms with Gasteiger partial charge in [0.2, 0.25) is 5.91 Å². The van der Waals surface area contributed by atoms with Crippen molar-refractivity contribution in [3.05, 3.63) is 35.4 Å². The lowest BCUT2D eigenvalue weighted by molar-refractivity contribution is 0.100. The van der Waals surface area contributed by atoms with E-state index in [4.69, 9.17) is 10.5 Å². The van der Waals surface area contributed by atoms with Crippen molar-refractivity contribution in [1.29, 1.82) is 0 Å². The Bertz CT molecular complexity index is 457. The third-order valence-corrected chi connectivity index (χ3v) is 2.75. The molecule has 0 aromatic heterocycles. The van der Waals surface area contributed by atoms with Crippen LogP contribution >= 0.6 is 0 Å². The summed E-state index contributed by atoms with van der Waals surface area (Å²) in [4.78, 5) is 15.5. The number of carbonyl (C=O) groups excluding carboxylic acids is 1. The number of carbonyl (C=O) groups is 1. The molecule has 6 heteroatoms. The largest absolute Gasteiger partial charge is 0.380 e. The van der Waals surface area contributed by atoms with Crippen LogP contribution in [0.2, 0.25) is 0 Å². The molecule has 6 nitrogen and oxygen atoms in total. The van der Waals surface area contributed by atoms with Gasteiger partial charge in [-0.3, -0.25) is 4.79 Å². The Hall–Kier alpha value is -2.08. The lowest BCUT2D eigenvalue weighted by Gasteiger charge is -2.11. The van der Waals surface area contributed by atoms with Crippen LogP contribution in [0.5, 0.6) is 0 Å². The van der Waals surface area contributed by atoms with Gasteiger partial charge in [-0.2, -0.15) is 0 Å². The molecule has 1 aromatic rings. The van der Waals surface area contributed by atoms with E-state index in [-0.39, 0.29) is 0 Å². The van der Waals surface area contributed by atoms with Gasteiger partial charge in [0, 0.05) is 25.3 Å². The topological polar surface area (TPSA) is 88.7 Å². The highest BCUT2D eigenvalue weighted by molar-refractivity contribution is 5.92. The number of hydrogen-bond acceptors (Lipinski definition) is 3. The molecule has 0 spiro atoms. The monoisotopic (exact) mass is 292 g/mol. The Morgan fingerprint density at radius 3 is 2.52 bits per heavy atom. The molecule has 0 aliphatic heterocycles. The second-order valence-corrected chi connectivity index (χ2v) is 4.38. The van der Waals surface area contributed by atoms with Crippen molar-refractivity contribution in [2.75, 3.05) is 26.3 Å². The maximum Gasteiger partial charge on any atom is 0.248 e. The zero-order chi connectivity index (χ0) is 15.5. The predicted octanol–water partition coefficient (Wildman–Crippen LogP) is 0.877. The Kier molecular flexibility index (Phi) is 7.89. The average Bonchev–Trinajstić information content (AvgIpc) is 2.49. The average molecular weight is 292 g/mol. The van der Waals surface area contributed by atoms with E-state index in [9.17, 15) is 4.79 Å². The van der Waals surface area contributed by atoms with Gasteiger partial charge in [0.15, 0.2) is 5.96 Å². The fourth-order valence-corrected chi connectivity index (χ4v) is 1.67. The molecule has 0 bridgehead atoms. The van der Waals surface area contributed by atoms with Crippen LogP contribution in [-0.2, 0) is 11.3 Å². The van der Waals surface area contributed by atoms with Gasteiger partial charge in [-0.25, -0.2) is 4.99 Å². The fraction of sp³-hybridized carbons (Fsp3) is 0.467. The molecule has 116 valence electrons. The van der Waals surface area contributed by atoms with Crippen LogP contribution in [0.15, 0.2) is 29.3 Å². The number of rotatable bonds is 8. The summed E-state index contributed by atoms with van der Waals surface area (Å²) < 4.78 is 5.27. The lowest BCUT2D eigenvalue weighted by atomic mass is 10.1. The summed E-state index contributed by atoms with van der Waals surface area (Å²) in [6.45, 7) is 7.37. The first-order valence-corrected chi connectivity index (χ1v) is 7.16. The highest BCUT2D eigenvalue weighted by atomic mass is 16.5. The maximum atomic E-state index is 11.0. The van der Waals surface area contributed by atoms with Gasteiger partial charge in [-0.15, -0.1) is 0 Å². The van der Waals surface area contributed by atoms with Crippen molar-refractivity contribution >= 4 is 11.9 Å². The highest BCUT2D eigenvalue weighted by Gasteiger charge is 2.00. The number of nitrogens with one attached hydrogen (secondary N) is 2. The van der Waals surface area contributed by atoms with Crippen LogP contribution in [0, 0.1) is 0 Å². The Balaban J connectivity index is 2.53. The molecule has 0 atom stereocenters. The van der Waals surface area contributed by atoms with E-state index in [1.54, 1.807) is 12.1 Å². The summed E-state index contributed by atoms with van der Waals surface area (Å²) in [5.41, 5.74) is 6.73. The van der Waals surface area contributed by atoms with Crippen LogP contribution in [0.4, 0.5) is 0 Å². The number of amides is 1. The van der Waals surface area contributed by atoms with E-state index >= 15 is 0 Å². The molecule has 1 aromatic carbocycles. The molecule has 0 aliphatic rings. The van der Waals surface area contributed by atoms with Gasteiger partial charge in [0.05, 0.1) is 13.2 Å². The molecular weight excluding hydrogens is 268 g/mol. The predicted molar refractivity (Wildman–Crippen MR) is 84.3 cm³/mol. The molecule has 0 aliphatic carbocycles. The van der Waals surface area contributed by atoms with Crippen molar-refractivity contribution in [2.24, 2.45) is 10.7 Å². The molecule has 21 heavy (non-hydrogen) atoms. The minimum absolute atomic E-state index is 0.420. The van der Waals surface area contributed by atoms with Crippen LogP contribution in [-0.4, -0.2) is 38.2 Å². The van der Waals surface area contributed by atoms with Crippen molar-refractivity contribution in [2.45, 2.75) is 20.4 Å². The van der Waals surface area contributed by atoms with E-state index in [2.05, 4.69) is 15.6 Å². The SMILES string of the molecule is CCNC(=NCc1ccc(C(N)=O)cc1)NCCOCC. The Labute approximate surface area is 125 Å². The quantitative estimate of drug-likeness (QED) is 0.377. The summed E-state index contributed by atoms with van der Waals surface area (Å²) in [5.74, 6) is 0.326. The van der Waals surface area contributed by atoms with Gasteiger partial charge in [0.25, 0.3) is 0 Å². The third kappa shape index (κ3) is 6.76. The van der Waals surface area contributed by atoms with E-state index in [1.165, 1.54) is 0 Å². The van der Waals surface area contributed by atoms with Gasteiger partial charge >= 0.3 is 0 Å². The fourth-order valence-electron chi connectivity index (χ4n) is 1.67. The summed E-state index contributed by atoms with van der Waals surface area (Å²) in [7, 11) is 0. The molecule has 0 saturated carbocycles. The summed E-state index contributed by atoms with van der Waals surface area (Å²) in [6, 6.07) is 7.13. The summed E-state index contributed by atoms with van der Waals surface area (Å²) in [5, 5.41) is 6.36. The maximum absolute atomic E-state index is 11.0. The van der Waals surface area contributed by atoms with Crippen molar-refractivity contribution in [3.8, 4) is 0 Å². The number of aliphatic imine (C=N–C) groups is 1. The van der Waals surface area contributed by atoms with Gasteiger partial charge in [-0.05, 0) is 31.5 Å². The zero-order valence-corrected chi connectivity index (χ0v) is 12.7. The molecule has 4 N–H and O–H groups in total. The third-order valence-electron chi connectivity index (χ3n) is 2.75. The first-order valence-electron chi connectivity index (χ1n) is 7.16. The van der Waals surface area contributed by atoms with E-state index in [1.807, 2.05) is 26.0 Å². The smallest absolute Gasteiger partial charge is 0.248 e. The molecule has 0 fully saturated rings. The van der Waals surface area contributed by atoms with Crippen LogP contribution < -0.4 is 16.4 Å². The lowest BCUT2D eigenvalue weighted by Crippen LogP contribution is -2.39. The normalized spacial score (nSPS) is 11.2. The van der Waals surface area contributed by atoms with Crippen molar-refractivity contribution in [3.63, 3.8) is 0 Å². The molecule has 0 unspecified atom stereocenters. The number of guanidine groups is 1. The minimum atomic E-state index is -0.420. The number of nitrogens with zero attached hydrogens (tertiary/aromatic N) is 1. The standard InChI is InChI=1S/C15H24N4O2/c1-3-17-15(18-9-10-21-4-2)19-11-12-5-7-13(8-6-12)14(16)20/h5-8H,3-4,9-11H2,1-2H3,(H2,16,20)(H2,17,18,19). The van der Waals surface area contributed by atoms with E-state index in [0.717, 1.165) is 18.1 Å². The number of hydrogen-bond donors (Lipinski definition) is 3. The second-order valence-electron chi connectivity index (χ2n) is 4.38. The number of benzene rings is 1. The number of ether oxygens (including phenoxy) is 1. The summed E-state index contributed by atoms with van der Waals surface area (Å²) >= 11 is 0. The van der Waals surface area contributed by atoms with Crippen molar-refractivity contribution < 1.29 is 9.53 Å². The molecule has 0 radical (unpaired) electrons. The van der Waals surface area contributed by atoms with Gasteiger partial charge in [-0.1, -0.05) is 12.1 Å². The summed E-state index contributed by atoms with van der Waals surface area (Å²) in [6.07, 6.45) is 0. The molecule has 0 heterocycles. The van der Waals surface area contributed by atoms with E-state index < -0.39 is 5.91 Å². The van der Waals surface area contributed by atoms with Gasteiger partial charge < -0.3 is 21.1 Å². The molecular formula is C15H24N4O2. The van der Waals surface area contributed by atoms with Crippen LogP contribution in [0.3, 0.4) is 0 Å². The minimum Gasteiger partial charge on any atom is -0.380 e. The first-order chi connectivity index (χ1) is 10.2. The van der Waals surface area contributed by atoms with Crippen LogP contribution in [0.25, 0.3) is 0 Å². The number of nitrogens with two attached hydrogens (primary N) is 1. The molecule has 1 rings (SSSR count). The van der Waals surface area contributed by atoms with Crippen LogP contribution in [0.1, 0.15) is 29.8 Å². The second kappa shape index (κ2) is 9.77. The first kappa shape index (κ1) is 17.0. The van der Waals surface area contributed by atoms with E-state index in [0.29, 0.717) is 31.9 Å². The highest BCUT2D eigenvalue weighted by Crippen LogP contribution is 2.05. The molecule has 0 saturated heterocycles. The van der Waals surface area contributed by atoms with Crippen molar-refractivity contribution in [1.82, 2.24) is 10.6 Å². The Morgan fingerprint density at radius 2 is 1.95 bits per heavy atom.